The van der Waals surface area contributed by atoms with E-state index in [9.17, 15) is 4.57 Å². The van der Waals surface area contributed by atoms with Gasteiger partial charge < -0.3 is 9.61 Å². The lowest BCUT2D eigenvalue weighted by Crippen LogP contribution is -2.12. The normalized spacial score (nSPS) is 13.9. The molecule has 1 N–H and O–H groups in total. The van der Waals surface area contributed by atoms with Crippen molar-refractivity contribution in [1.29, 1.82) is 0 Å². The molecule has 0 spiro atoms. The minimum Gasteiger partial charge on any atom is -0.314 e. The van der Waals surface area contributed by atoms with Gasteiger partial charge in [0.05, 0.1) is 5.30 Å². The van der Waals surface area contributed by atoms with Crippen molar-refractivity contribution in [2.45, 2.75) is 0 Å². The molecule has 2 rings (SSSR count). The van der Waals surface area contributed by atoms with Crippen LogP contribution >= 0.6 is 7.52 Å². The van der Waals surface area contributed by atoms with Crippen molar-refractivity contribution >= 4 is 18.5 Å². The zero-order valence-corrected chi connectivity index (χ0v) is 10.4. The molecule has 0 saturated carbocycles. The van der Waals surface area contributed by atoms with E-state index < -0.39 is 7.52 Å². The molecule has 0 aliphatic carbocycles. The number of rotatable bonds is 4. The summed E-state index contributed by atoms with van der Waals surface area (Å²) in [4.78, 5) is 0. The van der Waals surface area contributed by atoms with E-state index in [2.05, 4.69) is 5.09 Å². The summed E-state index contributed by atoms with van der Waals surface area (Å²) in [5.74, 6) is 0. The van der Waals surface area contributed by atoms with Crippen LogP contribution in [-0.4, -0.2) is 7.11 Å². The van der Waals surface area contributed by atoms with Crippen LogP contribution in [0.4, 0.5) is 5.69 Å². The van der Waals surface area contributed by atoms with Gasteiger partial charge in [-0.2, -0.15) is 0 Å². The summed E-state index contributed by atoms with van der Waals surface area (Å²) >= 11 is 0. The van der Waals surface area contributed by atoms with Gasteiger partial charge >= 0.3 is 7.52 Å². The first-order valence-corrected chi connectivity index (χ1v) is 6.92. The highest BCUT2D eigenvalue weighted by Gasteiger charge is 2.23. The fraction of sp³-hybridized carbons (Fsp3) is 0.0769. The molecule has 2 aromatic rings. The van der Waals surface area contributed by atoms with Gasteiger partial charge in [0, 0.05) is 12.8 Å². The Morgan fingerprint density at radius 3 is 2.00 bits per heavy atom. The van der Waals surface area contributed by atoms with Gasteiger partial charge in [0.1, 0.15) is 0 Å². The standard InChI is InChI=1S/C13H14NO2P/c1-16-17(15,13-10-6-3-7-11-13)14-12-8-4-2-5-9-12/h2-11H,1H3,(H,14,15)/t17-/m1/s1. The lowest BCUT2D eigenvalue weighted by atomic mass is 10.3. The Morgan fingerprint density at radius 2 is 1.47 bits per heavy atom. The van der Waals surface area contributed by atoms with Crippen LogP contribution in [0.25, 0.3) is 0 Å². The third kappa shape index (κ3) is 2.76. The zero-order valence-electron chi connectivity index (χ0n) is 9.54. The first-order valence-electron chi connectivity index (χ1n) is 5.29. The molecule has 0 radical (unpaired) electrons. The summed E-state index contributed by atoms with van der Waals surface area (Å²) < 4.78 is 17.8. The molecule has 0 aliphatic heterocycles. The predicted octanol–water partition coefficient (Wildman–Crippen LogP) is 3.26. The lowest BCUT2D eigenvalue weighted by molar-refractivity contribution is 0.408. The number of para-hydroxylation sites is 1. The predicted molar refractivity (Wildman–Crippen MR) is 70.8 cm³/mol. The molecular formula is C13H14NO2P. The largest absolute Gasteiger partial charge is 0.323 e. The highest BCUT2D eigenvalue weighted by molar-refractivity contribution is 7.68. The molecule has 17 heavy (non-hydrogen) atoms. The van der Waals surface area contributed by atoms with Gasteiger partial charge in [0.15, 0.2) is 0 Å². The second-order valence-corrected chi connectivity index (χ2v) is 5.76. The van der Waals surface area contributed by atoms with Gasteiger partial charge in [-0.05, 0) is 24.3 Å². The molecule has 0 aliphatic rings. The molecule has 0 fully saturated rings. The number of hydrogen-bond donors (Lipinski definition) is 1. The van der Waals surface area contributed by atoms with E-state index in [-0.39, 0.29) is 0 Å². The van der Waals surface area contributed by atoms with Gasteiger partial charge in [0.2, 0.25) is 0 Å². The van der Waals surface area contributed by atoms with Gasteiger partial charge in [-0.25, -0.2) is 0 Å². The fourth-order valence-corrected chi connectivity index (χ4v) is 3.01. The van der Waals surface area contributed by atoms with E-state index in [1.54, 1.807) is 12.1 Å². The molecule has 88 valence electrons. The van der Waals surface area contributed by atoms with Crippen LogP contribution in [0.5, 0.6) is 0 Å². The molecule has 4 heteroatoms. The molecule has 1 atom stereocenters. The molecular weight excluding hydrogens is 233 g/mol. The summed E-state index contributed by atoms with van der Waals surface area (Å²) in [7, 11) is -1.58. The van der Waals surface area contributed by atoms with Crippen LogP contribution in [0.15, 0.2) is 60.7 Å². The van der Waals surface area contributed by atoms with Crippen molar-refractivity contribution in [1.82, 2.24) is 0 Å². The Morgan fingerprint density at radius 1 is 0.941 bits per heavy atom. The second-order valence-electron chi connectivity index (χ2n) is 3.55. The SMILES string of the molecule is CO[P@@](=O)(Nc1ccccc1)c1ccccc1. The average Bonchev–Trinajstić information content (AvgIpc) is 2.41. The van der Waals surface area contributed by atoms with Crippen LogP contribution in [0.3, 0.4) is 0 Å². The van der Waals surface area contributed by atoms with Crippen molar-refractivity contribution in [2.75, 3.05) is 12.2 Å². The molecule has 0 unspecified atom stereocenters. The van der Waals surface area contributed by atoms with Crippen LogP contribution in [-0.2, 0) is 9.09 Å². The minimum atomic E-state index is -3.02. The summed E-state index contributed by atoms with van der Waals surface area (Å²) in [5, 5.41) is 3.61. The van der Waals surface area contributed by atoms with E-state index >= 15 is 0 Å². The summed E-state index contributed by atoms with van der Waals surface area (Å²) in [5.41, 5.74) is 0.779. The number of anilines is 1. The maximum Gasteiger partial charge on any atom is 0.323 e. The van der Waals surface area contributed by atoms with Gasteiger partial charge in [0.25, 0.3) is 0 Å². The van der Waals surface area contributed by atoms with E-state index in [1.165, 1.54) is 7.11 Å². The molecule has 3 nitrogen and oxygen atoms in total. The smallest absolute Gasteiger partial charge is 0.314 e. The van der Waals surface area contributed by atoms with Crippen molar-refractivity contribution < 1.29 is 9.09 Å². The van der Waals surface area contributed by atoms with Gasteiger partial charge in [-0.1, -0.05) is 36.4 Å². The molecule has 0 amide bonds. The van der Waals surface area contributed by atoms with Crippen molar-refractivity contribution in [2.24, 2.45) is 0 Å². The number of hydrogen-bond acceptors (Lipinski definition) is 2. The highest BCUT2D eigenvalue weighted by Crippen LogP contribution is 2.44. The van der Waals surface area contributed by atoms with Crippen molar-refractivity contribution in [3.8, 4) is 0 Å². The molecule has 0 bridgehead atoms. The van der Waals surface area contributed by atoms with Crippen molar-refractivity contribution in [3.05, 3.63) is 60.7 Å². The number of benzene rings is 2. The monoisotopic (exact) mass is 247 g/mol. The first kappa shape index (κ1) is 11.9. The fourth-order valence-electron chi connectivity index (χ4n) is 1.52. The Kier molecular flexibility index (Phi) is 3.62. The zero-order chi connectivity index (χ0) is 12.1. The molecule has 0 heterocycles. The summed E-state index contributed by atoms with van der Waals surface area (Å²) in [6, 6.07) is 18.5. The molecule has 0 saturated heterocycles. The first-order chi connectivity index (χ1) is 8.24. The highest BCUT2D eigenvalue weighted by atomic mass is 31.2. The topological polar surface area (TPSA) is 38.3 Å². The third-order valence-electron chi connectivity index (χ3n) is 2.40. The summed E-state index contributed by atoms with van der Waals surface area (Å²) in [6.45, 7) is 0. The van der Waals surface area contributed by atoms with Crippen LogP contribution in [0, 0.1) is 0 Å². The Hall–Kier alpha value is -1.57. The molecule has 2 aromatic carbocycles. The minimum absolute atomic E-state index is 0.659. The lowest BCUT2D eigenvalue weighted by Gasteiger charge is -2.18. The van der Waals surface area contributed by atoms with E-state index in [1.807, 2.05) is 48.5 Å². The maximum absolute atomic E-state index is 12.6. The quantitative estimate of drug-likeness (QED) is 0.843. The van der Waals surface area contributed by atoms with Crippen LogP contribution in [0.2, 0.25) is 0 Å². The Balaban J connectivity index is 2.30. The van der Waals surface area contributed by atoms with Crippen molar-refractivity contribution in [3.63, 3.8) is 0 Å². The van der Waals surface area contributed by atoms with Gasteiger partial charge in [-0.15, -0.1) is 0 Å². The van der Waals surface area contributed by atoms with Crippen LogP contribution < -0.4 is 10.4 Å². The third-order valence-corrected chi connectivity index (χ3v) is 4.45. The molecule has 0 aromatic heterocycles. The van der Waals surface area contributed by atoms with E-state index in [0.717, 1.165) is 5.69 Å². The average molecular weight is 247 g/mol. The maximum atomic E-state index is 12.6. The summed E-state index contributed by atoms with van der Waals surface area (Å²) in [6.07, 6.45) is 0. The second kappa shape index (κ2) is 5.17. The van der Waals surface area contributed by atoms with Gasteiger partial charge in [-0.3, -0.25) is 4.57 Å². The van der Waals surface area contributed by atoms with E-state index in [0.29, 0.717) is 5.30 Å². The Bertz CT molecular complexity index is 513. The van der Waals surface area contributed by atoms with Crippen LogP contribution in [0.1, 0.15) is 0 Å². The van der Waals surface area contributed by atoms with E-state index in [4.69, 9.17) is 4.52 Å². The number of nitrogens with one attached hydrogen (secondary N) is 1. The Labute approximate surface area is 101 Å².